The molecule has 0 spiro atoms. The number of alkyl halides is 3. The highest BCUT2D eigenvalue weighted by Crippen LogP contribution is 2.49. The minimum absolute atomic E-state index is 0.188. The van der Waals surface area contributed by atoms with Gasteiger partial charge in [0.15, 0.2) is 11.5 Å². The first-order valence-corrected chi connectivity index (χ1v) is 18.8. The van der Waals surface area contributed by atoms with Crippen molar-refractivity contribution < 1.29 is 36.6 Å². The largest absolute Gasteiger partial charge is 0.444 e. The number of nitrogens with zero attached hydrogens (tertiary/aromatic N) is 3. The molecule has 3 aliphatic heterocycles. The van der Waals surface area contributed by atoms with E-state index < -0.39 is 17.8 Å². The molecule has 2 atom stereocenters. The van der Waals surface area contributed by atoms with E-state index in [9.17, 15) is 22.4 Å². The molecular weight excluding hydrogens is 764 g/mol. The van der Waals surface area contributed by atoms with Gasteiger partial charge in [0, 0.05) is 66.5 Å². The Bertz CT molecular complexity index is 2450. The summed E-state index contributed by atoms with van der Waals surface area (Å²) in [6, 6.07) is 21.4. The van der Waals surface area contributed by atoms with Gasteiger partial charge >= 0.3 is 6.18 Å². The number of carbonyl (C=O) groups is 1. The van der Waals surface area contributed by atoms with E-state index in [4.69, 9.17) is 30.8 Å². The van der Waals surface area contributed by atoms with Crippen molar-refractivity contribution in [3.8, 4) is 11.5 Å². The highest BCUT2D eigenvalue weighted by Gasteiger charge is 2.42. The molecule has 10 nitrogen and oxygen atoms in total. The van der Waals surface area contributed by atoms with Crippen LogP contribution in [0.5, 0.6) is 11.5 Å². The van der Waals surface area contributed by atoms with Crippen molar-refractivity contribution in [2.45, 2.75) is 65.1 Å². The van der Waals surface area contributed by atoms with E-state index in [1.54, 1.807) is 25.1 Å². The van der Waals surface area contributed by atoms with E-state index in [0.29, 0.717) is 47.0 Å². The number of anilines is 1. The van der Waals surface area contributed by atoms with Gasteiger partial charge in [-0.3, -0.25) is 14.8 Å². The first-order chi connectivity index (χ1) is 27.1. The van der Waals surface area contributed by atoms with Gasteiger partial charge in [-0.15, -0.1) is 0 Å². The van der Waals surface area contributed by atoms with Crippen LogP contribution in [0.3, 0.4) is 0 Å². The lowest BCUT2D eigenvalue weighted by Crippen LogP contribution is -2.32. The van der Waals surface area contributed by atoms with E-state index in [2.05, 4.69) is 38.4 Å². The van der Waals surface area contributed by atoms with Gasteiger partial charge < -0.3 is 24.5 Å². The fourth-order valence-corrected chi connectivity index (χ4v) is 6.87. The number of amides is 1. The van der Waals surface area contributed by atoms with E-state index in [1.807, 2.05) is 55.5 Å². The molecule has 2 aromatic heterocycles. The Hall–Kier alpha value is -5.44. The molecule has 6 aromatic rings. The molecule has 0 radical (unpaired) electrons. The van der Waals surface area contributed by atoms with Crippen LogP contribution in [0.4, 0.5) is 23.2 Å². The van der Waals surface area contributed by atoms with E-state index in [-0.39, 0.29) is 18.4 Å². The maximum atomic E-state index is 14.8. The van der Waals surface area contributed by atoms with Gasteiger partial charge in [0.25, 0.3) is 11.7 Å². The highest BCUT2D eigenvalue weighted by molar-refractivity contribution is 6.30. The van der Waals surface area contributed by atoms with Crippen LogP contribution in [0.1, 0.15) is 66.6 Å². The number of benzene rings is 4. The van der Waals surface area contributed by atoms with Crippen molar-refractivity contribution >= 4 is 50.7 Å². The van der Waals surface area contributed by atoms with Gasteiger partial charge in [-0.05, 0) is 92.9 Å². The third kappa shape index (κ3) is 9.41. The Labute approximate surface area is 331 Å². The fourth-order valence-electron chi connectivity index (χ4n) is 6.71. The monoisotopic (exact) mass is 804 g/mol. The molecule has 9 rings (SSSR count). The SMILES string of the molecule is CC(F)(F)F.C[C@@H]1CCO1.Cc1[nH]nc2ccc(NC(=O)c3ccc4nc(CN5CC=C(c6cccc7c6OC(C)(c6ccc(Cl)cc6F)O7)CC5)[nH]c4c3)cc12. The van der Waals surface area contributed by atoms with Gasteiger partial charge in [0.05, 0.1) is 34.8 Å². The van der Waals surface area contributed by atoms with Crippen LogP contribution in [0.2, 0.25) is 5.02 Å². The number of halogens is 5. The lowest BCUT2D eigenvalue weighted by molar-refractivity contribution is -0.110. The van der Waals surface area contributed by atoms with Gasteiger partial charge in [-0.1, -0.05) is 29.8 Å². The van der Waals surface area contributed by atoms with Crippen LogP contribution in [0.15, 0.2) is 78.9 Å². The molecule has 1 unspecified atom stereocenters. The predicted octanol–water partition coefficient (Wildman–Crippen LogP) is 10.1. The summed E-state index contributed by atoms with van der Waals surface area (Å²) in [5.41, 5.74) is 7.03. The molecule has 57 heavy (non-hydrogen) atoms. The molecule has 1 saturated heterocycles. The number of rotatable bonds is 6. The minimum Gasteiger partial charge on any atom is -0.444 e. The van der Waals surface area contributed by atoms with Crippen molar-refractivity contribution in [3.63, 3.8) is 0 Å². The average molecular weight is 805 g/mol. The molecule has 3 N–H and O–H groups in total. The molecule has 1 fully saturated rings. The van der Waals surface area contributed by atoms with Crippen molar-refractivity contribution in [3.05, 3.63) is 118 Å². The number of fused-ring (bicyclic) bond motifs is 3. The Morgan fingerprint density at radius 2 is 1.82 bits per heavy atom. The lowest BCUT2D eigenvalue weighted by atomic mass is 9.98. The van der Waals surface area contributed by atoms with Crippen molar-refractivity contribution in [2.75, 3.05) is 25.0 Å². The fraction of sp³-hybridized carbons (Fsp3) is 0.310. The van der Waals surface area contributed by atoms with Gasteiger partial charge in [0.2, 0.25) is 0 Å². The number of hydrogen-bond donors (Lipinski definition) is 3. The van der Waals surface area contributed by atoms with Crippen molar-refractivity contribution in [2.24, 2.45) is 0 Å². The number of H-pyrrole nitrogens is 2. The summed E-state index contributed by atoms with van der Waals surface area (Å²) in [6.07, 6.45) is 0.810. The number of aromatic amines is 2. The second-order valence-electron chi connectivity index (χ2n) is 14.3. The molecule has 0 bridgehead atoms. The van der Waals surface area contributed by atoms with Crippen LogP contribution in [-0.2, 0) is 17.1 Å². The Morgan fingerprint density at radius 1 is 1.07 bits per heavy atom. The lowest BCUT2D eigenvalue weighted by Gasteiger charge is -2.26. The quantitative estimate of drug-likeness (QED) is 0.144. The topological polar surface area (TPSA) is 117 Å². The molecular formula is C42H41ClF4N6O4. The zero-order valence-corrected chi connectivity index (χ0v) is 32.4. The van der Waals surface area contributed by atoms with Crippen LogP contribution in [-0.4, -0.2) is 62.9 Å². The average Bonchev–Trinajstić information content (AvgIpc) is 3.84. The molecule has 298 valence electrons. The van der Waals surface area contributed by atoms with E-state index in [0.717, 1.165) is 64.2 Å². The molecule has 1 amide bonds. The van der Waals surface area contributed by atoms with Crippen LogP contribution < -0.4 is 14.8 Å². The molecule has 4 aromatic carbocycles. The molecule has 3 aliphatic rings. The number of aromatic nitrogens is 4. The van der Waals surface area contributed by atoms with Gasteiger partial charge in [-0.25, -0.2) is 9.37 Å². The van der Waals surface area contributed by atoms with Crippen molar-refractivity contribution in [1.82, 2.24) is 25.1 Å². The van der Waals surface area contributed by atoms with E-state index >= 15 is 0 Å². The summed E-state index contributed by atoms with van der Waals surface area (Å²) in [5, 5.41) is 11.5. The Morgan fingerprint density at radius 3 is 2.51 bits per heavy atom. The standard InChI is InChI=1S/C36H30ClFN6O3.C4H8O.C2H3F3/c1-20-26-18-24(8-11-29(26)43-42-20)39-35(45)22-6-10-30-31(16-22)41-33(40-30)19-44-14-12-21(13-15-44)25-4-3-5-32-34(25)47-36(2,46-32)27-9-7-23(37)17-28(27)38;1-4-2-3-5-4;1-2(3,4)5/h3-12,16-18H,13-15,19H2,1-2H3,(H,39,45)(H,40,41)(H,42,43);4H,2-3H2,1H3;1H3/t;4-;/m.1./s1. The number of nitrogens with one attached hydrogen (secondary N) is 3. The number of para-hydroxylation sites is 1. The summed E-state index contributed by atoms with van der Waals surface area (Å²) in [5.74, 6) is 0.0336. The van der Waals surface area contributed by atoms with Crippen LogP contribution in [0, 0.1) is 12.7 Å². The van der Waals surface area contributed by atoms with Crippen molar-refractivity contribution in [1.29, 1.82) is 0 Å². The second kappa shape index (κ2) is 16.2. The summed E-state index contributed by atoms with van der Waals surface area (Å²) >= 11 is 5.97. The van der Waals surface area contributed by atoms with Gasteiger partial charge in [-0.2, -0.15) is 18.3 Å². The normalized spacial score (nSPS) is 18.9. The maximum Gasteiger partial charge on any atom is 0.386 e. The van der Waals surface area contributed by atoms with Gasteiger partial charge in [0.1, 0.15) is 11.6 Å². The summed E-state index contributed by atoms with van der Waals surface area (Å²) in [6.45, 7) is 9.08. The zero-order valence-electron chi connectivity index (χ0n) is 31.7. The number of imidazole rings is 1. The summed E-state index contributed by atoms with van der Waals surface area (Å²) in [4.78, 5) is 23.5. The summed E-state index contributed by atoms with van der Waals surface area (Å²) < 4.78 is 63.3. The van der Waals surface area contributed by atoms with Crippen LogP contribution in [0.25, 0.3) is 27.5 Å². The van der Waals surface area contributed by atoms with Crippen LogP contribution >= 0.6 is 11.6 Å². The summed E-state index contributed by atoms with van der Waals surface area (Å²) in [7, 11) is 0. The first kappa shape index (κ1) is 39.8. The predicted molar refractivity (Wildman–Crippen MR) is 211 cm³/mol. The number of hydrogen-bond acceptors (Lipinski definition) is 7. The van der Waals surface area contributed by atoms with E-state index in [1.165, 1.54) is 12.5 Å². The minimum atomic E-state index is -4.00. The second-order valence-corrected chi connectivity index (χ2v) is 14.8. The molecule has 0 aliphatic carbocycles. The Kier molecular flexibility index (Phi) is 11.3. The molecule has 0 saturated carbocycles. The number of aryl methyl sites for hydroxylation is 1. The highest BCUT2D eigenvalue weighted by atomic mass is 35.5. The molecule has 5 heterocycles. The Balaban J connectivity index is 0.000000439. The smallest absolute Gasteiger partial charge is 0.386 e. The molecule has 15 heteroatoms. The zero-order chi connectivity index (χ0) is 40.5. The number of ether oxygens (including phenoxy) is 3. The third-order valence-corrected chi connectivity index (χ3v) is 9.97. The maximum absolute atomic E-state index is 14.8. The first-order valence-electron chi connectivity index (χ1n) is 18.4. The number of carbonyl (C=O) groups excluding carboxylic acids is 1. The third-order valence-electron chi connectivity index (χ3n) is 9.74.